The van der Waals surface area contributed by atoms with Crippen molar-refractivity contribution in [3.05, 3.63) is 46.0 Å². The molecule has 3 N–H and O–H groups in total. The maximum absolute atomic E-state index is 11.6. The topological polar surface area (TPSA) is 90.6 Å². The number of pyridine rings is 1. The highest BCUT2D eigenvalue weighted by Gasteiger charge is 2.07. The van der Waals surface area contributed by atoms with Gasteiger partial charge in [-0.2, -0.15) is 5.10 Å². The van der Waals surface area contributed by atoms with E-state index >= 15 is 0 Å². The second-order valence-electron chi connectivity index (χ2n) is 3.33. The van der Waals surface area contributed by atoms with Gasteiger partial charge in [0.2, 0.25) is 5.56 Å². The maximum Gasteiger partial charge on any atom is 0.258 e. The first kappa shape index (κ1) is 10.2. The molecule has 0 atom stereocenters. The van der Waals surface area contributed by atoms with Crippen molar-refractivity contribution in [1.29, 1.82) is 0 Å². The first-order chi connectivity index (χ1) is 7.65. The van der Waals surface area contributed by atoms with Crippen LogP contribution in [0.15, 0.2) is 29.2 Å². The van der Waals surface area contributed by atoms with Gasteiger partial charge < -0.3 is 10.3 Å². The van der Waals surface area contributed by atoms with Crippen LogP contribution in [0, 0.1) is 6.92 Å². The van der Waals surface area contributed by atoms with Crippen LogP contribution >= 0.6 is 0 Å². The van der Waals surface area contributed by atoms with Gasteiger partial charge in [-0.15, -0.1) is 0 Å². The van der Waals surface area contributed by atoms with Crippen LogP contribution in [0.25, 0.3) is 0 Å². The van der Waals surface area contributed by atoms with E-state index in [1.54, 1.807) is 6.07 Å². The predicted octanol–water partition coefficient (Wildman–Crippen LogP) is 0.659. The molecule has 0 aliphatic heterocycles. The van der Waals surface area contributed by atoms with Gasteiger partial charge in [0.25, 0.3) is 5.91 Å². The Bertz CT molecular complexity index is 550. The van der Waals surface area contributed by atoms with Crippen molar-refractivity contribution in [3.63, 3.8) is 0 Å². The molecular formula is C10H10N4O2. The number of hydrogen-bond acceptors (Lipinski definition) is 3. The molecule has 2 heterocycles. The summed E-state index contributed by atoms with van der Waals surface area (Å²) in [5.74, 6) is 0.136. The third-order valence-corrected chi connectivity index (χ3v) is 1.99. The van der Waals surface area contributed by atoms with Gasteiger partial charge in [0.1, 0.15) is 0 Å². The predicted molar refractivity (Wildman–Crippen MR) is 58.3 cm³/mol. The zero-order valence-corrected chi connectivity index (χ0v) is 8.57. The second kappa shape index (κ2) is 4.01. The minimum Gasteiger partial charge on any atom is -0.328 e. The summed E-state index contributed by atoms with van der Waals surface area (Å²) in [6, 6.07) is 4.46. The number of carbonyl (C=O) groups is 1. The molecule has 0 fully saturated rings. The summed E-state index contributed by atoms with van der Waals surface area (Å²) >= 11 is 0. The lowest BCUT2D eigenvalue weighted by molar-refractivity contribution is 0.102. The van der Waals surface area contributed by atoms with Crippen LogP contribution in [0.5, 0.6) is 0 Å². The van der Waals surface area contributed by atoms with Crippen molar-refractivity contribution in [1.82, 2.24) is 15.2 Å². The minimum atomic E-state index is -0.317. The van der Waals surface area contributed by atoms with Crippen molar-refractivity contribution in [3.8, 4) is 0 Å². The smallest absolute Gasteiger partial charge is 0.258 e. The third kappa shape index (κ3) is 2.17. The molecule has 0 aliphatic carbocycles. The highest BCUT2D eigenvalue weighted by atomic mass is 16.2. The molecule has 0 radical (unpaired) electrons. The van der Waals surface area contributed by atoms with E-state index in [9.17, 15) is 9.59 Å². The van der Waals surface area contributed by atoms with E-state index in [0.717, 1.165) is 5.69 Å². The molecule has 6 heteroatoms. The Morgan fingerprint density at radius 3 is 2.81 bits per heavy atom. The Labute approximate surface area is 90.7 Å². The van der Waals surface area contributed by atoms with E-state index in [1.807, 2.05) is 6.92 Å². The number of anilines is 1. The Morgan fingerprint density at radius 2 is 2.25 bits per heavy atom. The summed E-state index contributed by atoms with van der Waals surface area (Å²) < 4.78 is 0. The van der Waals surface area contributed by atoms with Crippen LogP contribution in [-0.4, -0.2) is 21.1 Å². The standard InChI is InChI=1S/C10H10N4O2/c1-6-4-8(14-13-6)12-10(16)7-2-3-9(15)11-5-7/h2-5H,1H3,(H,11,15)(H2,12,13,14,16). The van der Waals surface area contributed by atoms with Crippen LogP contribution in [0.4, 0.5) is 5.82 Å². The highest BCUT2D eigenvalue weighted by Crippen LogP contribution is 2.05. The number of aromatic amines is 2. The lowest BCUT2D eigenvalue weighted by Crippen LogP contribution is -2.14. The van der Waals surface area contributed by atoms with Crippen LogP contribution in [-0.2, 0) is 0 Å². The number of rotatable bonds is 2. The average molecular weight is 218 g/mol. The van der Waals surface area contributed by atoms with Crippen molar-refractivity contribution in [2.75, 3.05) is 5.32 Å². The molecule has 2 aromatic rings. The molecule has 0 saturated carbocycles. The fourth-order valence-electron chi connectivity index (χ4n) is 1.22. The van der Waals surface area contributed by atoms with Crippen LogP contribution < -0.4 is 10.9 Å². The Morgan fingerprint density at radius 1 is 1.44 bits per heavy atom. The fraction of sp³-hybridized carbons (Fsp3) is 0.100. The SMILES string of the molecule is Cc1cc(NC(=O)c2ccc(=O)[nH]c2)n[nH]1. The lowest BCUT2D eigenvalue weighted by atomic mass is 10.2. The van der Waals surface area contributed by atoms with E-state index in [4.69, 9.17) is 0 Å². The maximum atomic E-state index is 11.6. The van der Waals surface area contributed by atoms with Crippen LogP contribution in [0.2, 0.25) is 0 Å². The molecular weight excluding hydrogens is 208 g/mol. The summed E-state index contributed by atoms with van der Waals surface area (Å²) in [6.45, 7) is 1.84. The van der Waals surface area contributed by atoms with Crippen molar-refractivity contribution < 1.29 is 4.79 Å². The normalized spacial score (nSPS) is 10.1. The van der Waals surface area contributed by atoms with E-state index in [2.05, 4.69) is 20.5 Å². The van der Waals surface area contributed by atoms with Gasteiger partial charge in [0, 0.05) is 24.0 Å². The number of nitrogens with zero attached hydrogens (tertiary/aromatic N) is 1. The largest absolute Gasteiger partial charge is 0.328 e. The molecule has 0 spiro atoms. The average Bonchev–Trinajstić information content (AvgIpc) is 2.65. The molecule has 0 aliphatic rings. The van der Waals surface area contributed by atoms with Crippen LogP contribution in [0.1, 0.15) is 16.1 Å². The Hall–Kier alpha value is -2.37. The van der Waals surface area contributed by atoms with Gasteiger partial charge in [0.15, 0.2) is 5.82 Å². The van der Waals surface area contributed by atoms with Gasteiger partial charge in [-0.1, -0.05) is 0 Å². The summed E-state index contributed by atoms with van der Waals surface area (Å²) in [5.41, 5.74) is 0.990. The molecule has 2 rings (SSSR count). The molecule has 0 saturated heterocycles. The van der Waals surface area contributed by atoms with E-state index in [1.165, 1.54) is 18.3 Å². The summed E-state index contributed by atoms with van der Waals surface area (Å²) in [7, 11) is 0. The number of aromatic nitrogens is 3. The first-order valence-electron chi connectivity index (χ1n) is 4.67. The number of aryl methyl sites for hydroxylation is 1. The number of nitrogens with one attached hydrogen (secondary N) is 3. The van der Waals surface area contributed by atoms with E-state index in [0.29, 0.717) is 11.4 Å². The van der Waals surface area contributed by atoms with Crippen molar-refractivity contribution in [2.45, 2.75) is 6.92 Å². The van der Waals surface area contributed by atoms with Gasteiger partial charge in [-0.3, -0.25) is 14.7 Å². The summed E-state index contributed by atoms with van der Waals surface area (Å²) in [6.07, 6.45) is 1.36. The van der Waals surface area contributed by atoms with Crippen molar-refractivity contribution in [2.24, 2.45) is 0 Å². The molecule has 82 valence electrons. The Kier molecular flexibility index (Phi) is 2.55. The number of amides is 1. The highest BCUT2D eigenvalue weighted by molar-refractivity contribution is 6.03. The molecule has 6 nitrogen and oxygen atoms in total. The molecule has 0 aromatic carbocycles. The first-order valence-corrected chi connectivity index (χ1v) is 4.67. The third-order valence-electron chi connectivity index (χ3n) is 1.99. The van der Waals surface area contributed by atoms with Gasteiger partial charge in [-0.05, 0) is 13.0 Å². The van der Waals surface area contributed by atoms with Gasteiger partial charge >= 0.3 is 0 Å². The molecule has 1 amide bonds. The Balaban J connectivity index is 2.14. The minimum absolute atomic E-state index is 0.243. The quantitative estimate of drug-likeness (QED) is 0.691. The number of hydrogen-bond donors (Lipinski definition) is 3. The molecule has 0 unspecified atom stereocenters. The fourth-order valence-corrected chi connectivity index (χ4v) is 1.22. The zero-order valence-electron chi connectivity index (χ0n) is 8.57. The van der Waals surface area contributed by atoms with E-state index in [-0.39, 0.29) is 11.5 Å². The lowest BCUT2D eigenvalue weighted by Gasteiger charge is -2.00. The summed E-state index contributed by atoms with van der Waals surface area (Å²) in [4.78, 5) is 24.9. The zero-order chi connectivity index (χ0) is 11.5. The molecule has 16 heavy (non-hydrogen) atoms. The summed E-state index contributed by atoms with van der Waals surface area (Å²) in [5, 5.41) is 9.18. The molecule has 0 bridgehead atoms. The second-order valence-corrected chi connectivity index (χ2v) is 3.33. The number of carbonyl (C=O) groups excluding carboxylic acids is 1. The van der Waals surface area contributed by atoms with Crippen LogP contribution in [0.3, 0.4) is 0 Å². The van der Waals surface area contributed by atoms with E-state index < -0.39 is 0 Å². The monoisotopic (exact) mass is 218 g/mol. The number of H-pyrrole nitrogens is 2. The molecule has 2 aromatic heterocycles. The van der Waals surface area contributed by atoms with Gasteiger partial charge in [0.05, 0.1) is 5.56 Å². The van der Waals surface area contributed by atoms with Crippen molar-refractivity contribution >= 4 is 11.7 Å². The van der Waals surface area contributed by atoms with Gasteiger partial charge in [-0.25, -0.2) is 0 Å².